The van der Waals surface area contributed by atoms with Crippen LogP contribution >= 0.6 is 0 Å². The van der Waals surface area contributed by atoms with Crippen LogP contribution in [0.2, 0.25) is 0 Å². The number of nitrogens with one attached hydrogen (secondary N) is 1. The van der Waals surface area contributed by atoms with Crippen LogP contribution < -0.4 is 11.1 Å². The number of amides is 1. The van der Waals surface area contributed by atoms with E-state index in [1.165, 1.54) is 24.3 Å². The third-order valence-electron chi connectivity index (χ3n) is 3.21. The minimum absolute atomic E-state index is 0.173. The Balaban J connectivity index is 2.62. The Hall–Kier alpha value is -2.53. The van der Waals surface area contributed by atoms with Crippen molar-refractivity contribution in [2.75, 3.05) is 0 Å². The molecule has 4 nitrogen and oxygen atoms in total. The number of nitrogens with two attached hydrogens (primary N) is 1. The van der Waals surface area contributed by atoms with Crippen molar-refractivity contribution < 1.29 is 14.0 Å². The van der Waals surface area contributed by atoms with Gasteiger partial charge in [-0.2, -0.15) is 0 Å². The SMILES string of the molecule is C=CC1=C(C=C)C(=O)C(N)(c2ccc(F)cc2)C(=O)N1. The van der Waals surface area contributed by atoms with Crippen LogP contribution in [-0.4, -0.2) is 11.7 Å². The molecule has 2 rings (SSSR count). The number of carbonyl (C=O) groups excluding carboxylic acids is 2. The Kier molecular flexibility index (Phi) is 3.38. The van der Waals surface area contributed by atoms with Gasteiger partial charge in [-0.15, -0.1) is 0 Å². The first-order chi connectivity index (χ1) is 9.44. The average molecular weight is 272 g/mol. The summed E-state index contributed by atoms with van der Waals surface area (Å²) in [5.41, 5.74) is 4.75. The van der Waals surface area contributed by atoms with Crippen molar-refractivity contribution in [2.45, 2.75) is 5.54 Å². The van der Waals surface area contributed by atoms with Crippen molar-refractivity contribution in [3.63, 3.8) is 0 Å². The quantitative estimate of drug-likeness (QED) is 0.815. The highest BCUT2D eigenvalue weighted by Crippen LogP contribution is 2.29. The molecule has 5 heteroatoms. The smallest absolute Gasteiger partial charge is 0.257 e. The molecule has 0 aromatic heterocycles. The molecule has 1 unspecified atom stereocenters. The van der Waals surface area contributed by atoms with Gasteiger partial charge < -0.3 is 11.1 Å². The van der Waals surface area contributed by atoms with Crippen LogP contribution in [0.3, 0.4) is 0 Å². The van der Waals surface area contributed by atoms with Crippen LogP contribution in [0.15, 0.2) is 60.8 Å². The summed E-state index contributed by atoms with van der Waals surface area (Å²) in [5.74, 6) is -1.76. The maximum atomic E-state index is 13.0. The molecule has 1 aromatic rings. The lowest BCUT2D eigenvalue weighted by atomic mass is 9.79. The van der Waals surface area contributed by atoms with Crippen molar-refractivity contribution >= 4 is 11.7 Å². The predicted molar refractivity (Wildman–Crippen MR) is 72.8 cm³/mol. The Morgan fingerprint density at radius 1 is 1.15 bits per heavy atom. The lowest BCUT2D eigenvalue weighted by Gasteiger charge is -2.32. The molecule has 0 saturated heterocycles. The summed E-state index contributed by atoms with van der Waals surface area (Å²) >= 11 is 0. The molecule has 1 amide bonds. The fourth-order valence-electron chi connectivity index (χ4n) is 2.06. The van der Waals surface area contributed by atoms with E-state index in [4.69, 9.17) is 5.73 Å². The molecule has 0 aliphatic carbocycles. The minimum atomic E-state index is -1.90. The lowest BCUT2D eigenvalue weighted by Crippen LogP contribution is -2.60. The second kappa shape index (κ2) is 4.86. The molecule has 20 heavy (non-hydrogen) atoms. The summed E-state index contributed by atoms with van der Waals surface area (Å²) in [6.07, 6.45) is 2.65. The minimum Gasteiger partial charge on any atom is -0.323 e. The first kappa shape index (κ1) is 13.9. The van der Waals surface area contributed by atoms with E-state index in [-0.39, 0.29) is 16.8 Å². The van der Waals surface area contributed by atoms with Crippen LogP contribution in [0.1, 0.15) is 5.56 Å². The Labute approximate surface area is 115 Å². The van der Waals surface area contributed by atoms with Crippen molar-refractivity contribution in [1.29, 1.82) is 0 Å². The molecule has 1 aliphatic heterocycles. The number of hydrogen-bond acceptors (Lipinski definition) is 3. The molecule has 0 saturated carbocycles. The second-order valence-corrected chi connectivity index (χ2v) is 4.33. The molecule has 0 bridgehead atoms. The summed E-state index contributed by atoms with van der Waals surface area (Å²) in [5, 5.41) is 2.51. The number of benzene rings is 1. The zero-order chi connectivity index (χ0) is 14.9. The molecule has 0 fully saturated rings. The van der Waals surface area contributed by atoms with Gasteiger partial charge in [0, 0.05) is 5.57 Å². The number of Topliss-reactive ketones (excluding diaryl/α,β-unsaturated/α-hetero) is 1. The van der Waals surface area contributed by atoms with Gasteiger partial charge >= 0.3 is 0 Å². The maximum absolute atomic E-state index is 13.0. The van der Waals surface area contributed by atoms with Crippen LogP contribution in [0, 0.1) is 5.82 Å². The molecular weight excluding hydrogens is 259 g/mol. The Morgan fingerprint density at radius 3 is 2.25 bits per heavy atom. The Bertz CT molecular complexity index is 646. The van der Waals surface area contributed by atoms with Gasteiger partial charge in [0.1, 0.15) is 5.82 Å². The number of hydrogen-bond donors (Lipinski definition) is 2. The van der Waals surface area contributed by atoms with E-state index in [9.17, 15) is 14.0 Å². The van der Waals surface area contributed by atoms with Crippen LogP contribution in [0.4, 0.5) is 4.39 Å². The first-order valence-corrected chi connectivity index (χ1v) is 5.85. The monoisotopic (exact) mass is 272 g/mol. The van der Waals surface area contributed by atoms with Gasteiger partial charge in [-0.1, -0.05) is 31.4 Å². The van der Waals surface area contributed by atoms with E-state index >= 15 is 0 Å². The molecule has 1 aliphatic rings. The van der Waals surface area contributed by atoms with Crippen LogP contribution in [-0.2, 0) is 15.1 Å². The molecule has 102 valence electrons. The fourth-order valence-corrected chi connectivity index (χ4v) is 2.06. The second-order valence-electron chi connectivity index (χ2n) is 4.33. The van der Waals surface area contributed by atoms with Gasteiger partial charge in [-0.25, -0.2) is 4.39 Å². The van der Waals surface area contributed by atoms with Gasteiger partial charge in [0.05, 0.1) is 5.70 Å². The van der Waals surface area contributed by atoms with Crippen molar-refractivity contribution in [2.24, 2.45) is 5.73 Å². The van der Waals surface area contributed by atoms with Crippen LogP contribution in [0.25, 0.3) is 0 Å². The van der Waals surface area contributed by atoms with Gasteiger partial charge in [0.2, 0.25) is 0 Å². The zero-order valence-corrected chi connectivity index (χ0v) is 10.7. The fraction of sp³-hybridized carbons (Fsp3) is 0.0667. The highest BCUT2D eigenvalue weighted by molar-refractivity contribution is 6.22. The molecule has 3 N–H and O–H groups in total. The van der Waals surface area contributed by atoms with E-state index in [0.717, 1.165) is 12.1 Å². The molecule has 1 heterocycles. The first-order valence-electron chi connectivity index (χ1n) is 5.85. The molecule has 0 radical (unpaired) electrons. The molecule has 0 spiro atoms. The van der Waals surface area contributed by atoms with Crippen LogP contribution in [0.5, 0.6) is 0 Å². The molecular formula is C15H13FN2O2. The van der Waals surface area contributed by atoms with Crippen molar-refractivity contribution in [1.82, 2.24) is 5.32 Å². The number of ketones is 1. The number of allylic oxidation sites excluding steroid dienone is 2. The van der Waals surface area contributed by atoms with Gasteiger partial charge in [0.25, 0.3) is 5.91 Å². The summed E-state index contributed by atoms with van der Waals surface area (Å²) < 4.78 is 13.0. The van der Waals surface area contributed by atoms with E-state index in [1.807, 2.05) is 0 Å². The van der Waals surface area contributed by atoms with Gasteiger partial charge in [0.15, 0.2) is 11.3 Å². The third kappa shape index (κ3) is 1.88. The standard InChI is InChI=1S/C15H13FN2O2/c1-3-11-12(4-2)18-14(20)15(17,13(11)19)9-5-7-10(16)8-6-9/h3-8H,1-2,17H2,(H,18,20). The summed E-state index contributed by atoms with van der Waals surface area (Å²) in [7, 11) is 0. The van der Waals surface area contributed by atoms with E-state index in [1.54, 1.807) is 0 Å². The van der Waals surface area contributed by atoms with E-state index in [0.29, 0.717) is 0 Å². The average Bonchev–Trinajstić information content (AvgIpc) is 2.45. The molecule has 1 atom stereocenters. The highest BCUT2D eigenvalue weighted by atomic mass is 19.1. The summed E-state index contributed by atoms with van der Waals surface area (Å²) in [6.45, 7) is 7.06. The van der Waals surface area contributed by atoms with E-state index in [2.05, 4.69) is 18.5 Å². The highest BCUT2D eigenvalue weighted by Gasteiger charge is 2.48. The largest absolute Gasteiger partial charge is 0.323 e. The maximum Gasteiger partial charge on any atom is 0.257 e. The predicted octanol–water partition coefficient (Wildman–Crippen LogP) is 1.30. The van der Waals surface area contributed by atoms with Crippen molar-refractivity contribution in [3.05, 3.63) is 72.2 Å². The number of rotatable bonds is 3. The topological polar surface area (TPSA) is 72.2 Å². The normalized spacial score (nSPS) is 22.5. The summed E-state index contributed by atoms with van der Waals surface area (Å²) in [6, 6.07) is 4.91. The lowest BCUT2D eigenvalue weighted by molar-refractivity contribution is -0.135. The van der Waals surface area contributed by atoms with Crippen molar-refractivity contribution in [3.8, 4) is 0 Å². The number of carbonyl (C=O) groups is 2. The van der Waals surface area contributed by atoms with Gasteiger partial charge in [-0.3, -0.25) is 9.59 Å². The zero-order valence-electron chi connectivity index (χ0n) is 10.7. The van der Waals surface area contributed by atoms with Gasteiger partial charge in [-0.05, 0) is 23.8 Å². The molecule has 1 aromatic carbocycles. The Morgan fingerprint density at radius 2 is 1.75 bits per heavy atom. The number of halogens is 1. The summed E-state index contributed by atoms with van der Waals surface area (Å²) in [4.78, 5) is 24.7. The third-order valence-corrected chi connectivity index (χ3v) is 3.21. The van der Waals surface area contributed by atoms with E-state index < -0.39 is 23.0 Å².